The van der Waals surface area contributed by atoms with Gasteiger partial charge in [0.1, 0.15) is 0 Å². The summed E-state index contributed by atoms with van der Waals surface area (Å²) in [6, 6.07) is 0. The van der Waals surface area contributed by atoms with E-state index in [2.05, 4.69) is 33.0 Å². The third kappa shape index (κ3) is 9.98. The van der Waals surface area contributed by atoms with E-state index in [0.29, 0.717) is 0 Å². The average molecular weight is 269 g/mol. The van der Waals surface area contributed by atoms with Crippen molar-refractivity contribution in [3.63, 3.8) is 0 Å². The summed E-state index contributed by atoms with van der Waals surface area (Å²) >= 11 is 0. The van der Waals surface area contributed by atoms with Crippen LogP contribution in [-0.2, 0) is 4.79 Å². The van der Waals surface area contributed by atoms with Crippen LogP contribution in [0.5, 0.6) is 0 Å². The summed E-state index contributed by atoms with van der Waals surface area (Å²) < 4.78 is 0. The summed E-state index contributed by atoms with van der Waals surface area (Å²) in [7, 11) is 0. The second-order valence-electron chi connectivity index (χ2n) is 6.40. The Labute approximate surface area is 120 Å². The maximum absolute atomic E-state index is 11.8. The van der Waals surface area contributed by atoms with Gasteiger partial charge in [-0.2, -0.15) is 0 Å². The van der Waals surface area contributed by atoms with Gasteiger partial charge >= 0.3 is 0 Å². The van der Waals surface area contributed by atoms with Gasteiger partial charge in [0.05, 0.1) is 0 Å². The van der Waals surface area contributed by atoms with E-state index in [1.807, 2.05) is 6.92 Å². The lowest BCUT2D eigenvalue weighted by molar-refractivity contribution is -0.124. The molecule has 0 fully saturated rings. The highest BCUT2D eigenvalue weighted by Gasteiger charge is 2.11. The van der Waals surface area contributed by atoms with Crippen LogP contribution in [0, 0.1) is 17.8 Å². The number of carbonyl (C=O) groups is 1. The highest BCUT2D eigenvalue weighted by molar-refractivity contribution is 5.78. The predicted octanol–water partition coefficient (Wildman–Crippen LogP) is 4.78. The topological polar surface area (TPSA) is 29.1 Å². The van der Waals surface area contributed by atoms with Crippen LogP contribution in [0.3, 0.4) is 0 Å². The molecule has 0 aromatic rings. The summed E-state index contributed by atoms with van der Waals surface area (Å²) in [5, 5.41) is 3.07. The largest absolute Gasteiger partial charge is 0.356 e. The minimum absolute atomic E-state index is 0.182. The van der Waals surface area contributed by atoms with Crippen molar-refractivity contribution in [1.82, 2.24) is 5.32 Å². The maximum Gasteiger partial charge on any atom is 0.222 e. The first kappa shape index (κ1) is 18.5. The van der Waals surface area contributed by atoms with Crippen LogP contribution < -0.4 is 5.32 Å². The molecular weight excluding hydrogens is 234 g/mol. The van der Waals surface area contributed by atoms with E-state index in [0.717, 1.165) is 31.2 Å². The second-order valence-corrected chi connectivity index (χ2v) is 6.40. The smallest absolute Gasteiger partial charge is 0.222 e. The van der Waals surface area contributed by atoms with Crippen LogP contribution in [0.15, 0.2) is 0 Å². The standard InChI is InChI=1S/C17H35NO/c1-6-7-8-12-16(5)17(19)18-13-10-9-11-15(4)14(2)3/h14-16H,6-13H2,1-5H3,(H,18,19). The molecule has 0 saturated heterocycles. The van der Waals surface area contributed by atoms with Crippen molar-refractivity contribution in [3.8, 4) is 0 Å². The van der Waals surface area contributed by atoms with Gasteiger partial charge in [0, 0.05) is 12.5 Å². The number of unbranched alkanes of at least 4 members (excludes halogenated alkanes) is 3. The zero-order valence-corrected chi connectivity index (χ0v) is 13.8. The van der Waals surface area contributed by atoms with Crippen molar-refractivity contribution in [1.29, 1.82) is 0 Å². The summed E-state index contributed by atoms with van der Waals surface area (Å²) in [6.07, 6.45) is 8.29. The van der Waals surface area contributed by atoms with E-state index in [1.165, 1.54) is 32.1 Å². The molecule has 0 heterocycles. The van der Waals surface area contributed by atoms with Crippen molar-refractivity contribution in [2.24, 2.45) is 17.8 Å². The number of nitrogens with one attached hydrogen (secondary N) is 1. The van der Waals surface area contributed by atoms with Crippen molar-refractivity contribution in [2.75, 3.05) is 6.54 Å². The van der Waals surface area contributed by atoms with E-state index in [-0.39, 0.29) is 11.8 Å². The van der Waals surface area contributed by atoms with Crippen LogP contribution in [0.25, 0.3) is 0 Å². The molecule has 0 radical (unpaired) electrons. The first-order valence-corrected chi connectivity index (χ1v) is 8.26. The number of carbonyl (C=O) groups excluding carboxylic acids is 1. The lowest BCUT2D eigenvalue weighted by atomic mass is 9.93. The molecule has 0 bridgehead atoms. The summed E-state index contributed by atoms with van der Waals surface area (Å²) in [4.78, 5) is 11.8. The molecule has 0 aliphatic carbocycles. The van der Waals surface area contributed by atoms with Crippen molar-refractivity contribution in [3.05, 3.63) is 0 Å². The Morgan fingerprint density at radius 3 is 2.16 bits per heavy atom. The second kappa shape index (κ2) is 11.3. The third-order valence-electron chi connectivity index (χ3n) is 4.21. The van der Waals surface area contributed by atoms with Crippen LogP contribution >= 0.6 is 0 Å². The molecule has 0 rings (SSSR count). The Balaban J connectivity index is 3.52. The van der Waals surface area contributed by atoms with Crippen LogP contribution in [0.2, 0.25) is 0 Å². The molecule has 2 heteroatoms. The Bertz CT molecular complexity index is 225. The molecule has 19 heavy (non-hydrogen) atoms. The Morgan fingerprint density at radius 2 is 1.58 bits per heavy atom. The van der Waals surface area contributed by atoms with Gasteiger partial charge in [-0.3, -0.25) is 4.79 Å². The number of hydrogen-bond acceptors (Lipinski definition) is 1. The zero-order chi connectivity index (χ0) is 14.7. The van der Waals surface area contributed by atoms with E-state index in [1.54, 1.807) is 0 Å². The Hall–Kier alpha value is -0.530. The van der Waals surface area contributed by atoms with Gasteiger partial charge in [-0.1, -0.05) is 66.7 Å². The number of hydrogen-bond donors (Lipinski definition) is 1. The first-order valence-electron chi connectivity index (χ1n) is 8.26. The van der Waals surface area contributed by atoms with E-state index in [9.17, 15) is 4.79 Å². The predicted molar refractivity (Wildman–Crippen MR) is 84.2 cm³/mol. The van der Waals surface area contributed by atoms with E-state index in [4.69, 9.17) is 0 Å². The highest BCUT2D eigenvalue weighted by atomic mass is 16.1. The molecule has 0 aliphatic rings. The minimum Gasteiger partial charge on any atom is -0.356 e. The fraction of sp³-hybridized carbons (Fsp3) is 0.941. The maximum atomic E-state index is 11.8. The molecule has 0 aliphatic heterocycles. The minimum atomic E-state index is 0.182. The third-order valence-corrected chi connectivity index (χ3v) is 4.21. The van der Waals surface area contributed by atoms with Gasteiger partial charge in [-0.05, 0) is 24.7 Å². The average Bonchev–Trinajstić information content (AvgIpc) is 2.37. The normalized spacial score (nSPS) is 14.4. The molecule has 0 spiro atoms. The van der Waals surface area contributed by atoms with Crippen LogP contribution in [-0.4, -0.2) is 12.5 Å². The molecule has 2 unspecified atom stereocenters. The van der Waals surface area contributed by atoms with Gasteiger partial charge in [0.2, 0.25) is 5.91 Å². The monoisotopic (exact) mass is 269 g/mol. The van der Waals surface area contributed by atoms with Crippen LogP contribution in [0.1, 0.15) is 79.6 Å². The van der Waals surface area contributed by atoms with Crippen LogP contribution in [0.4, 0.5) is 0 Å². The first-order chi connectivity index (χ1) is 8.99. The summed E-state index contributed by atoms with van der Waals surface area (Å²) in [5.41, 5.74) is 0. The molecular formula is C17H35NO. The van der Waals surface area contributed by atoms with E-state index < -0.39 is 0 Å². The molecule has 2 atom stereocenters. The number of amides is 1. The van der Waals surface area contributed by atoms with Gasteiger partial charge in [-0.15, -0.1) is 0 Å². The fourth-order valence-electron chi connectivity index (χ4n) is 2.14. The quantitative estimate of drug-likeness (QED) is 0.537. The lowest BCUT2D eigenvalue weighted by Crippen LogP contribution is -2.30. The lowest BCUT2D eigenvalue weighted by Gasteiger charge is -2.15. The SMILES string of the molecule is CCCCCC(C)C(=O)NCCCCC(C)C(C)C. The van der Waals surface area contributed by atoms with Crippen molar-refractivity contribution in [2.45, 2.75) is 79.6 Å². The number of rotatable bonds is 11. The molecule has 0 aromatic heterocycles. The fourth-order valence-corrected chi connectivity index (χ4v) is 2.14. The van der Waals surface area contributed by atoms with E-state index >= 15 is 0 Å². The molecule has 2 nitrogen and oxygen atoms in total. The summed E-state index contributed by atoms with van der Waals surface area (Å²) in [6.45, 7) is 12.0. The molecule has 0 saturated carbocycles. The molecule has 1 N–H and O–H groups in total. The summed E-state index contributed by atoms with van der Waals surface area (Å²) in [5.74, 6) is 1.99. The highest BCUT2D eigenvalue weighted by Crippen LogP contribution is 2.16. The van der Waals surface area contributed by atoms with Crippen molar-refractivity contribution >= 4 is 5.91 Å². The molecule has 1 amide bonds. The van der Waals surface area contributed by atoms with Gasteiger partial charge in [-0.25, -0.2) is 0 Å². The van der Waals surface area contributed by atoms with Gasteiger partial charge in [0.25, 0.3) is 0 Å². The zero-order valence-electron chi connectivity index (χ0n) is 13.8. The van der Waals surface area contributed by atoms with Crippen molar-refractivity contribution < 1.29 is 4.79 Å². The van der Waals surface area contributed by atoms with Gasteiger partial charge in [0.15, 0.2) is 0 Å². The molecule has 114 valence electrons. The molecule has 0 aromatic carbocycles. The van der Waals surface area contributed by atoms with Gasteiger partial charge < -0.3 is 5.32 Å². The Kier molecular flexibility index (Phi) is 11.0. The Morgan fingerprint density at radius 1 is 0.947 bits per heavy atom.